The molecule has 1 fully saturated rings. The van der Waals surface area contributed by atoms with Crippen LogP contribution >= 0.6 is 15.9 Å². The first-order chi connectivity index (χ1) is 11.5. The Hall–Kier alpha value is -2.21. The monoisotopic (exact) mass is 387 g/mol. The molecule has 1 N–H and O–H groups in total. The van der Waals surface area contributed by atoms with Crippen molar-refractivity contribution in [2.75, 3.05) is 16.8 Å². The second kappa shape index (κ2) is 6.73. The number of aromatic nitrogens is 1. The van der Waals surface area contributed by atoms with Crippen molar-refractivity contribution in [3.63, 3.8) is 0 Å². The van der Waals surface area contributed by atoms with Gasteiger partial charge in [0.1, 0.15) is 5.82 Å². The van der Waals surface area contributed by atoms with E-state index in [4.69, 9.17) is 0 Å². The van der Waals surface area contributed by atoms with Crippen LogP contribution in [0.1, 0.15) is 17.5 Å². The molecular weight excluding hydrogens is 370 g/mol. The average Bonchev–Trinajstić information content (AvgIpc) is 2.94. The summed E-state index contributed by atoms with van der Waals surface area (Å²) in [6.45, 7) is 4.25. The summed E-state index contributed by atoms with van der Waals surface area (Å²) in [4.78, 5) is 30.6. The van der Waals surface area contributed by atoms with Crippen LogP contribution in [0.2, 0.25) is 0 Å². The molecule has 5 nitrogen and oxygen atoms in total. The fourth-order valence-corrected chi connectivity index (χ4v) is 3.01. The van der Waals surface area contributed by atoms with Crippen LogP contribution in [0, 0.1) is 19.8 Å². The number of hydrogen-bond donors (Lipinski definition) is 1. The van der Waals surface area contributed by atoms with Gasteiger partial charge in [-0.3, -0.25) is 9.59 Å². The van der Waals surface area contributed by atoms with E-state index in [9.17, 15) is 9.59 Å². The van der Waals surface area contributed by atoms with E-state index in [1.807, 2.05) is 44.2 Å². The first kappa shape index (κ1) is 16.6. The summed E-state index contributed by atoms with van der Waals surface area (Å²) in [7, 11) is 0. The minimum absolute atomic E-state index is 0.0328. The lowest BCUT2D eigenvalue weighted by Crippen LogP contribution is -2.28. The number of hydrogen-bond acceptors (Lipinski definition) is 3. The van der Waals surface area contributed by atoms with Crippen molar-refractivity contribution in [1.82, 2.24) is 4.98 Å². The molecule has 1 aliphatic heterocycles. The Labute approximate surface area is 149 Å². The molecule has 0 aliphatic carbocycles. The van der Waals surface area contributed by atoms with Gasteiger partial charge in [-0.2, -0.15) is 0 Å². The molecule has 2 heterocycles. The first-order valence-electron chi connectivity index (χ1n) is 7.74. The Morgan fingerprint density at radius 3 is 2.79 bits per heavy atom. The number of nitrogens with zero attached hydrogens (tertiary/aromatic N) is 2. The van der Waals surface area contributed by atoms with Crippen LogP contribution in [0.15, 0.2) is 41.0 Å². The van der Waals surface area contributed by atoms with E-state index in [0.717, 1.165) is 21.3 Å². The molecule has 1 aliphatic rings. The van der Waals surface area contributed by atoms with Crippen LogP contribution < -0.4 is 10.2 Å². The van der Waals surface area contributed by atoms with Crippen molar-refractivity contribution >= 4 is 39.2 Å². The molecule has 0 radical (unpaired) electrons. The summed E-state index contributed by atoms with van der Waals surface area (Å²) in [5.41, 5.74) is 2.78. The van der Waals surface area contributed by atoms with E-state index >= 15 is 0 Å². The van der Waals surface area contributed by atoms with Gasteiger partial charge < -0.3 is 10.2 Å². The van der Waals surface area contributed by atoms with Gasteiger partial charge in [0.05, 0.1) is 5.92 Å². The van der Waals surface area contributed by atoms with Crippen molar-refractivity contribution in [3.05, 3.63) is 52.1 Å². The molecule has 0 bridgehead atoms. The maximum absolute atomic E-state index is 12.5. The van der Waals surface area contributed by atoms with E-state index in [1.54, 1.807) is 11.1 Å². The predicted molar refractivity (Wildman–Crippen MR) is 96.9 cm³/mol. The second-order valence-electron chi connectivity index (χ2n) is 6.00. The fraction of sp³-hybridized carbons (Fsp3) is 0.278. The van der Waals surface area contributed by atoms with Crippen LogP contribution in [0.5, 0.6) is 0 Å². The van der Waals surface area contributed by atoms with Gasteiger partial charge in [-0.25, -0.2) is 4.98 Å². The lowest BCUT2D eigenvalue weighted by Gasteiger charge is -2.18. The van der Waals surface area contributed by atoms with Gasteiger partial charge in [0.2, 0.25) is 11.8 Å². The third-order valence-electron chi connectivity index (χ3n) is 4.20. The Balaban J connectivity index is 1.73. The summed E-state index contributed by atoms with van der Waals surface area (Å²) < 4.78 is 0.998. The maximum Gasteiger partial charge on any atom is 0.230 e. The van der Waals surface area contributed by atoms with Gasteiger partial charge in [0.15, 0.2) is 0 Å². The molecule has 1 saturated heterocycles. The number of rotatable bonds is 3. The molecule has 1 atom stereocenters. The molecule has 2 aromatic rings. The van der Waals surface area contributed by atoms with E-state index in [-0.39, 0.29) is 24.2 Å². The molecule has 124 valence electrons. The summed E-state index contributed by atoms with van der Waals surface area (Å²) in [6.07, 6.45) is 1.85. The van der Waals surface area contributed by atoms with Gasteiger partial charge in [0.25, 0.3) is 0 Å². The predicted octanol–water partition coefficient (Wildman–Crippen LogP) is 3.45. The van der Waals surface area contributed by atoms with E-state index in [0.29, 0.717) is 12.4 Å². The Kier molecular flexibility index (Phi) is 4.66. The number of pyridine rings is 1. The van der Waals surface area contributed by atoms with E-state index in [1.165, 1.54) is 0 Å². The Bertz CT molecular complexity index is 807. The van der Waals surface area contributed by atoms with E-state index in [2.05, 4.69) is 26.2 Å². The normalized spacial score (nSPS) is 17.2. The number of anilines is 2. The van der Waals surface area contributed by atoms with Gasteiger partial charge in [0, 0.05) is 29.3 Å². The van der Waals surface area contributed by atoms with Crippen LogP contribution in [0.4, 0.5) is 11.5 Å². The van der Waals surface area contributed by atoms with Crippen LogP contribution in [-0.4, -0.2) is 23.3 Å². The highest BCUT2D eigenvalue weighted by Crippen LogP contribution is 2.29. The average molecular weight is 388 g/mol. The topological polar surface area (TPSA) is 62.3 Å². The quantitative estimate of drug-likeness (QED) is 0.876. The number of benzene rings is 1. The third-order valence-corrected chi connectivity index (χ3v) is 5.09. The molecule has 1 aromatic heterocycles. The SMILES string of the molecule is Cc1cc(N2CC(C(=O)Nc3ncccc3C)CC2=O)ccc1Br. The molecule has 1 aromatic carbocycles. The van der Waals surface area contributed by atoms with Crippen molar-refractivity contribution in [2.24, 2.45) is 5.92 Å². The van der Waals surface area contributed by atoms with Crippen molar-refractivity contribution in [3.8, 4) is 0 Å². The van der Waals surface area contributed by atoms with Crippen molar-refractivity contribution in [2.45, 2.75) is 20.3 Å². The van der Waals surface area contributed by atoms with Crippen molar-refractivity contribution in [1.29, 1.82) is 0 Å². The summed E-state index contributed by atoms with van der Waals surface area (Å²) in [5, 5.41) is 2.83. The largest absolute Gasteiger partial charge is 0.312 e. The molecule has 0 spiro atoms. The van der Waals surface area contributed by atoms with Gasteiger partial charge in [-0.1, -0.05) is 22.0 Å². The molecular formula is C18H18BrN3O2. The molecule has 6 heteroatoms. The molecule has 0 saturated carbocycles. The van der Waals surface area contributed by atoms with Crippen LogP contribution in [0.3, 0.4) is 0 Å². The summed E-state index contributed by atoms with van der Waals surface area (Å²) in [5.74, 6) is -0.0214. The lowest BCUT2D eigenvalue weighted by molar-refractivity contribution is -0.122. The Morgan fingerprint density at radius 1 is 1.29 bits per heavy atom. The number of aryl methyl sites for hydroxylation is 2. The van der Waals surface area contributed by atoms with Crippen LogP contribution in [-0.2, 0) is 9.59 Å². The molecule has 3 rings (SSSR count). The third kappa shape index (κ3) is 3.33. The lowest BCUT2D eigenvalue weighted by atomic mass is 10.1. The maximum atomic E-state index is 12.5. The molecule has 24 heavy (non-hydrogen) atoms. The number of amides is 2. The smallest absolute Gasteiger partial charge is 0.230 e. The number of nitrogens with one attached hydrogen (secondary N) is 1. The standard InChI is InChI=1S/C18H18BrN3O2/c1-11-4-3-7-20-17(11)21-18(24)13-9-16(23)22(10-13)14-5-6-15(19)12(2)8-14/h3-8,13H,9-10H2,1-2H3,(H,20,21,24). The fourth-order valence-electron chi connectivity index (χ4n) is 2.76. The zero-order chi connectivity index (χ0) is 17.3. The minimum Gasteiger partial charge on any atom is -0.312 e. The zero-order valence-electron chi connectivity index (χ0n) is 13.5. The van der Waals surface area contributed by atoms with Gasteiger partial charge >= 0.3 is 0 Å². The molecule has 1 unspecified atom stereocenters. The highest BCUT2D eigenvalue weighted by atomic mass is 79.9. The highest BCUT2D eigenvalue weighted by molar-refractivity contribution is 9.10. The van der Waals surface area contributed by atoms with E-state index < -0.39 is 0 Å². The Morgan fingerprint density at radius 2 is 2.08 bits per heavy atom. The highest BCUT2D eigenvalue weighted by Gasteiger charge is 2.35. The van der Waals surface area contributed by atoms with Crippen LogP contribution in [0.25, 0.3) is 0 Å². The minimum atomic E-state index is -0.372. The van der Waals surface area contributed by atoms with Crippen molar-refractivity contribution < 1.29 is 9.59 Å². The zero-order valence-corrected chi connectivity index (χ0v) is 15.1. The second-order valence-corrected chi connectivity index (χ2v) is 6.85. The first-order valence-corrected chi connectivity index (χ1v) is 8.54. The van der Waals surface area contributed by atoms with Gasteiger partial charge in [-0.15, -0.1) is 0 Å². The summed E-state index contributed by atoms with van der Waals surface area (Å²) >= 11 is 3.46. The number of halogens is 1. The molecule has 2 amide bonds. The number of carbonyl (C=O) groups is 2. The van der Waals surface area contributed by atoms with Gasteiger partial charge in [-0.05, 0) is 49.2 Å². The summed E-state index contributed by atoms with van der Waals surface area (Å²) in [6, 6.07) is 9.47. The number of carbonyl (C=O) groups excluding carboxylic acids is 2.